The van der Waals surface area contributed by atoms with Gasteiger partial charge in [0.1, 0.15) is 0 Å². The molecule has 0 unspecified atom stereocenters. The summed E-state index contributed by atoms with van der Waals surface area (Å²) in [5, 5.41) is 6.79. The van der Waals surface area contributed by atoms with E-state index in [1.807, 2.05) is 13.8 Å². The van der Waals surface area contributed by atoms with Gasteiger partial charge in [0, 0.05) is 17.5 Å². The van der Waals surface area contributed by atoms with Crippen LogP contribution in [-0.2, 0) is 0 Å². The van der Waals surface area contributed by atoms with Crippen LogP contribution in [0.15, 0.2) is 23.4 Å². The van der Waals surface area contributed by atoms with E-state index in [0.29, 0.717) is 11.3 Å². The second kappa shape index (κ2) is 3.07. The standard InChI is InChI=1S/C7H12N2/c1-5(2)7(9)6(3)4-8/h4,8H,3,9H2,1-2H3. The van der Waals surface area contributed by atoms with Crippen molar-refractivity contribution < 1.29 is 0 Å². The number of hydrogen-bond acceptors (Lipinski definition) is 2. The molecule has 0 aromatic rings. The molecule has 0 radical (unpaired) electrons. The van der Waals surface area contributed by atoms with E-state index in [-0.39, 0.29) is 0 Å². The average Bonchev–Trinajstić information content (AvgIpc) is 1.84. The first-order valence-corrected chi connectivity index (χ1v) is 2.72. The van der Waals surface area contributed by atoms with Gasteiger partial charge < -0.3 is 11.1 Å². The maximum absolute atomic E-state index is 6.79. The van der Waals surface area contributed by atoms with Gasteiger partial charge in [-0.3, -0.25) is 0 Å². The van der Waals surface area contributed by atoms with Gasteiger partial charge in [-0.15, -0.1) is 0 Å². The number of allylic oxidation sites excluding steroid dienone is 2. The Balaban J connectivity index is 4.39. The summed E-state index contributed by atoms with van der Waals surface area (Å²) in [4.78, 5) is 0. The minimum atomic E-state index is 0.579. The van der Waals surface area contributed by atoms with Crippen molar-refractivity contribution in [2.24, 2.45) is 5.73 Å². The van der Waals surface area contributed by atoms with Gasteiger partial charge in [-0.25, -0.2) is 0 Å². The van der Waals surface area contributed by atoms with Crippen LogP contribution >= 0.6 is 0 Å². The molecule has 0 bridgehead atoms. The Morgan fingerprint density at radius 3 is 2.11 bits per heavy atom. The molecule has 0 aliphatic carbocycles. The maximum atomic E-state index is 6.79. The van der Waals surface area contributed by atoms with Crippen LogP contribution in [0.5, 0.6) is 0 Å². The molecule has 2 nitrogen and oxygen atoms in total. The zero-order valence-electron chi connectivity index (χ0n) is 5.86. The van der Waals surface area contributed by atoms with Crippen molar-refractivity contribution in [2.45, 2.75) is 13.8 Å². The third-order valence-corrected chi connectivity index (χ3v) is 1.06. The highest BCUT2D eigenvalue weighted by atomic mass is 14.6. The zero-order chi connectivity index (χ0) is 7.44. The molecule has 0 aliphatic heterocycles. The van der Waals surface area contributed by atoms with E-state index in [2.05, 4.69) is 6.58 Å². The normalized spacial score (nSPS) is 8.22. The van der Waals surface area contributed by atoms with Crippen molar-refractivity contribution in [3.05, 3.63) is 23.4 Å². The molecule has 0 heterocycles. The predicted octanol–water partition coefficient (Wildman–Crippen LogP) is 1.44. The molecule has 0 amide bonds. The Hall–Kier alpha value is -1.05. The van der Waals surface area contributed by atoms with Crippen molar-refractivity contribution in [1.29, 1.82) is 5.41 Å². The predicted molar refractivity (Wildman–Crippen MR) is 40.5 cm³/mol. The van der Waals surface area contributed by atoms with E-state index in [1.54, 1.807) is 0 Å². The summed E-state index contributed by atoms with van der Waals surface area (Å²) in [5.41, 5.74) is 7.70. The van der Waals surface area contributed by atoms with E-state index >= 15 is 0 Å². The van der Waals surface area contributed by atoms with Crippen LogP contribution in [0.4, 0.5) is 0 Å². The molecule has 0 atom stereocenters. The van der Waals surface area contributed by atoms with E-state index in [4.69, 9.17) is 11.1 Å². The SMILES string of the molecule is C=C(C=N)C(N)=C(C)C. The summed E-state index contributed by atoms with van der Waals surface area (Å²) in [6, 6.07) is 0. The minimum Gasteiger partial charge on any atom is -0.398 e. The van der Waals surface area contributed by atoms with Gasteiger partial charge in [0.15, 0.2) is 0 Å². The van der Waals surface area contributed by atoms with Gasteiger partial charge >= 0.3 is 0 Å². The summed E-state index contributed by atoms with van der Waals surface area (Å²) in [6.07, 6.45) is 1.16. The number of nitrogens with two attached hydrogens (primary N) is 1. The lowest BCUT2D eigenvalue weighted by atomic mass is 10.1. The zero-order valence-corrected chi connectivity index (χ0v) is 5.86. The van der Waals surface area contributed by atoms with Crippen LogP contribution in [0.25, 0.3) is 0 Å². The third kappa shape index (κ3) is 2.13. The van der Waals surface area contributed by atoms with Crippen LogP contribution in [0.3, 0.4) is 0 Å². The fourth-order valence-corrected chi connectivity index (χ4v) is 0.399. The third-order valence-electron chi connectivity index (χ3n) is 1.06. The highest BCUT2D eigenvalue weighted by Gasteiger charge is 1.93. The molecule has 9 heavy (non-hydrogen) atoms. The number of rotatable bonds is 2. The van der Waals surface area contributed by atoms with Crippen molar-refractivity contribution in [3.63, 3.8) is 0 Å². The van der Waals surface area contributed by atoms with Crippen LogP contribution in [-0.4, -0.2) is 6.21 Å². The fourth-order valence-electron chi connectivity index (χ4n) is 0.399. The molecule has 0 saturated carbocycles. The summed E-state index contributed by atoms with van der Waals surface area (Å²) < 4.78 is 0. The van der Waals surface area contributed by atoms with E-state index < -0.39 is 0 Å². The quantitative estimate of drug-likeness (QED) is 0.424. The molecule has 0 rings (SSSR count). The molecule has 50 valence electrons. The molecule has 0 spiro atoms. The van der Waals surface area contributed by atoms with Gasteiger partial charge in [0.2, 0.25) is 0 Å². The van der Waals surface area contributed by atoms with Crippen molar-refractivity contribution in [1.82, 2.24) is 0 Å². The molecule has 0 aromatic carbocycles. The van der Waals surface area contributed by atoms with E-state index in [1.165, 1.54) is 0 Å². The molecule has 0 aliphatic rings. The Kier molecular flexibility index (Phi) is 2.71. The molecular formula is C7H12N2. The molecule has 0 aromatic heterocycles. The Morgan fingerprint density at radius 1 is 1.56 bits per heavy atom. The summed E-state index contributed by atoms with van der Waals surface area (Å²) in [6.45, 7) is 7.35. The Labute approximate surface area is 55.6 Å². The van der Waals surface area contributed by atoms with Crippen LogP contribution in [0, 0.1) is 5.41 Å². The number of nitrogens with one attached hydrogen (secondary N) is 1. The Bertz CT molecular complexity index is 162. The lowest BCUT2D eigenvalue weighted by Gasteiger charge is -1.99. The minimum absolute atomic E-state index is 0.579. The summed E-state index contributed by atoms with van der Waals surface area (Å²) >= 11 is 0. The molecular weight excluding hydrogens is 112 g/mol. The summed E-state index contributed by atoms with van der Waals surface area (Å²) in [7, 11) is 0. The van der Waals surface area contributed by atoms with E-state index in [9.17, 15) is 0 Å². The van der Waals surface area contributed by atoms with Gasteiger partial charge in [-0.2, -0.15) is 0 Å². The molecule has 0 fully saturated rings. The lowest BCUT2D eigenvalue weighted by molar-refractivity contribution is 1.24. The fraction of sp³-hybridized carbons (Fsp3) is 0.286. The lowest BCUT2D eigenvalue weighted by Crippen LogP contribution is -2.02. The topological polar surface area (TPSA) is 49.9 Å². The first kappa shape index (κ1) is 7.95. The van der Waals surface area contributed by atoms with Crippen molar-refractivity contribution in [2.75, 3.05) is 0 Å². The highest BCUT2D eigenvalue weighted by molar-refractivity contribution is 5.81. The van der Waals surface area contributed by atoms with Gasteiger partial charge in [-0.05, 0) is 13.8 Å². The van der Waals surface area contributed by atoms with Gasteiger partial charge in [0.05, 0.1) is 0 Å². The molecule has 0 saturated heterocycles. The Morgan fingerprint density at radius 2 is 2.00 bits per heavy atom. The van der Waals surface area contributed by atoms with Crippen LogP contribution in [0.2, 0.25) is 0 Å². The number of hydrogen-bond donors (Lipinski definition) is 2. The van der Waals surface area contributed by atoms with Gasteiger partial charge in [0.25, 0.3) is 0 Å². The van der Waals surface area contributed by atoms with Gasteiger partial charge in [-0.1, -0.05) is 12.2 Å². The largest absolute Gasteiger partial charge is 0.398 e. The van der Waals surface area contributed by atoms with Crippen LogP contribution < -0.4 is 5.73 Å². The van der Waals surface area contributed by atoms with Crippen molar-refractivity contribution in [3.8, 4) is 0 Å². The first-order valence-electron chi connectivity index (χ1n) is 2.72. The highest BCUT2D eigenvalue weighted by Crippen LogP contribution is 2.02. The first-order chi connectivity index (χ1) is 4.09. The maximum Gasteiger partial charge on any atom is 0.0383 e. The molecule has 2 heteroatoms. The second-order valence-corrected chi connectivity index (χ2v) is 2.08. The smallest absolute Gasteiger partial charge is 0.0383 e. The van der Waals surface area contributed by atoms with Crippen molar-refractivity contribution >= 4 is 6.21 Å². The van der Waals surface area contributed by atoms with Crippen LogP contribution in [0.1, 0.15) is 13.8 Å². The van der Waals surface area contributed by atoms with E-state index in [0.717, 1.165) is 11.8 Å². The second-order valence-electron chi connectivity index (χ2n) is 2.08. The summed E-state index contributed by atoms with van der Waals surface area (Å²) in [5.74, 6) is 0. The average molecular weight is 124 g/mol. The monoisotopic (exact) mass is 124 g/mol. The molecule has 3 N–H and O–H groups in total.